The van der Waals surface area contributed by atoms with E-state index in [1.807, 2.05) is 0 Å². The number of carbonyl (C=O) groups excluding carboxylic acids is 2. The highest BCUT2D eigenvalue weighted by Crippen LogP contribution is 2.19. The van der Waals surface area contributed by atoms with Crippen LogP contribution in [0.4, 0.5) is 4.39 Å². The van der Waals surface area contributed by atoms with Crippen molar-refractivity contribution in [3.63, 3.8) is 0 Å². The van der Waals surface area contributed by atoms with Crippen LogP contribution in [0.3, 0.4) is 0 Å². The van der Waals surface area contributed by atoms with Crippen LogP contribution in [0, 0.1) is 0 Å². The molecule has 1 fully saturated rings. The minimum absolute atomic E-state index is 0.0232. The van der Waals surface area contributed by atoms with Gasteiger partial charge in [0, 0.05) is 26.2 Å². The lowest BCUT2D eigenvalue weighted by Gasteiger charge is -2.22. The number of carbonyl (C=O) groups is 2. The Hall–Kier alpha value is -1.21. The van der Waals surface area contributed by atoms with Gasteiger partial charge >= 0.3 is 0 Å². The van der Waals surface area contributed by atoms with Gasteiger partial charge in [0.2, 0.25) is 11.8 Å². The molecule has 110 valence electrons. The van der Waals surface area contributed by atoms with Crippen molar-refractivity contribution < 1.29 is 18.7 Å². The number of hydrogen-bond acceptors (Lipinski definition) is 4. The number of amides is 2. The molecular formula is C12H22FN3O3. The zero-order chi connectivity index (χ0) is 14.4. The van der Waals surface area contributed by atoms with Crippen molar-refractivity contribution in [1.82, 2.24) is 10.2 Å². The van der Waals surface area contributed by atoms with Crippen LogP contribution in [-0.4, -0.2) is 61.8 Å². The first-order valence-corrected chi connectivity index (χ1v) is 6.38. The number of rotatable bonds is 7. The van der Waals surface area contributed by atoms with E-state index in [4.69, 9.17) is 10.5 Å². The monoisotopic (exact) mass is 275 g/mol. The molecule has 1 heterocycles. The third-order valence-corrected chi connectivity index (χ3v) is 3.25. The van der Waals surface area contributed by atoms with Crippen molar-refractivity contribution >= 4 is 11.8 Å². The van der Waals surface area contributed by atoms with Gasteiger partial charge in [-0.05, 0) is 13.3 Å². The van der Waals surface area contributed by atoms with Gasteiger partial charge in [0.05, 0.1) is 19.1 Å². The second kappa shape index (κ2) is 7.40. The van der Waals surface area contributed by atoms with Gasteiger partial charge in [-0.2, -0.15) is 0 Å². The predicted octanol–water partition coefficient (Wildman–Crippen LogP) is -0.575. The van der Waals surface area contributed by atoms with Gasteiger partial charge in [-0.25, -0.2) is 4.39 Å². The first-order chi connectivity index (χ1) is 8.92. The van der Waals surface area contributed by atoms with E-state index in [1.165, 1.54) is 7.11 Å². The van der Waals surface area contributed by atoms with Crippen LogP contribution in [0.1, 0.15) is 19.8 Å². The Morgan fingerprint density at radius 1 is 1.58 bits per heavy atom. The Morgan fingerprint density at radius 2 is 2.26 bits per heavy atom. The summed E-state index contributed by atoms with van der Waals surface area (Å²) in [6.07, 6.45) is -0.552. The Morgan fingerprint density at radius 3 is 2.84 bits per heavy atom. The summed E-state index contributed by atoms with van der Waals surface area (Å²) < 4.78 is 18.3. The van der Waals surface area contributed by atoms with Gasteiger partial charge in [-0.3, -0.25) is 14.5 Å². The summed E-state index contributed by atoms with van der Waals surface area (Å²) in [5.41, 5.74) is 5.11. The predicted molar refractivity (Wildman–Crippen MR) is 68.2 cm³/mol. The second-order valence-electron chi connectivity index (χ2n) is 4.94. The highest BCUT2D eigenvalue weighted by molar-refractivity contribution is 5.77. The largest absolute Gasteiger partial charge is 0.381 e. The lowest BCUT2D eigenvalue weighted by atomic mass is 10.2. The minimum Gasteiger partial charge on any atom is -0.381 e. The van der Waals surface area contributed by atoms with Gasteiger partial charge in [0.15, 0.2) is 0 Å². The average Bonchev–Trinajstić information content (AvgIpc) is 2.65. The van der Waals surface area contributed by atoms with E-state index >= 15 is 0 Å². The smallest absolute Gasteiger partial charge is 0.231 e. The maximum absolute atomic E-state index is 13.3. The summed E-state index contributed by atoms with van der Waals surface area (Å²) in [6, 6.07) is -0.177. The summed E-state index contributed by atoms with van der Waals surface area (Å²) in [4.78, 5) is 24.1. The molecule has 7 heteroatoms. The van der Waals surface area contributed by atoms with E-state index in [0.717, 1.165) is 0 Å². The Balaban J connectivity index is 2.37. The Labute approximate surface area is 112 Å². The number of likely N-dealkylation sites (tertiary alicyclic amines) is 1. The van der Waals surface area contributed by atoms with E-state index in [2.05, 4.69) is 5.32 Å². The van der Waals surface area contributed by atoms with Crippen LogP contribution in [0.5, 0.6) is 0 Å². The Bertz CT molecular complexity index is 327. The molecule has 0 aliphatic carbocycles. The van der Waals surface area contributed by atoms with E-state index in [1.54, 1.807) is 11.8 Å². The van der Waals surface area contributed by atoms with Crippen LogP contribution in [0.15, 0.2) is 0 Å². The van der Waals surface area contributed by atoms with Gasteiger partial charge < -0.3 is 15.8 Å². The molecule has 0 unspecified atom stereocenters. The molecule has 0 aromatic carbocycles. The molecule has 19 heavy (non-hydrogen) atoms. The quantitative estimate of drug-likeness (QED) is 0.651. The van der Waals surface area contributed by atoms with Gasteiger partial charge in [0.1, 0.15) is 6.17 Å². The molecule has 0 aromatic heterocycles. The normalized spacial score (nSPS) is 25.2. The number of alkyl halides is 1. The summed E-state index contributed by atoms with van der Waals surface area (Å²) in [5, 5.41) is 2.73. The number of halogens is 1. The standard InChI is InChI=1S/C12H22FN3O3/c1-8(19-2)3-12(18)15-5-10-4-9(13)6-16(10)7-11(14)17/h8-10H,3-7H2,1-2H3,(H2,14,17)(H,15,18)/t8-,9-,10-/m0/s1. The van der Waals surface area contributed by atoms with Gasteiger partial charge in [-0.1, -0.05) is 0 Å². The second-order valence-corrected chi connectivity index (χ2v) is 4.94. The van der Waals surface area contributed by atoms with Crippen LogP contribution in [0.2, 0.25) is 0 Å². The third-order valence-electron chi connectivity index (χ3n) is 3.25. The number of nitrogens with one attached hydrogen (secondary N) is 1. The van der Waals surface area contributed by atoms with E-state index < -0.39 is 12.1 Å². The van der Waals surface area contributed by atoms with E-state index in [-0.39, 0.29) is 37.6 Å². The molecule has 3 N–H and O–H groups in total. The number of hydrogen-bond donors (Lipinski definition) is 2. The summed E-state index contributed by atoms with van der Waals surface area (Å²) in [7, 11) is 1.54. The topological polar surface area (TPSA) is 84.7 Å². The molecule has 3 atom stereocenters. The van der Waals surface area contributed by atoms with Gasteiger partial charge in [0.25, 0.3) is 0 Å². The fourth-order valence-electron chi connectivity index (χ4n) is 2.18. The average molecular weight is 275 g/mol. The van der Waals surface area contributed by atoms with Crippen LogP contribution in [-0.2, 0) is 14.3 Å². The van der Waals surface area contributed by atoms with Crippen LogP contribution in [0.25, 0.3) is 0 Å². The fraction of sp³-hybridized carbons (Fsp3) is 0.833. The van der Waals surface area contributed by atoms with Crippen molar-refractivity contribution in [3.05, 3.63) is 0 Å². The summed E-state index contributed by atoms with van der Waals surface area (Å²) in [6.45, 7) is 2.34. The highest BCUT2D eigenvalue weighted by Gasteiger charge is 2.32. The van der Waals surface area contributed by atoms with Crippen molar-refractivity contribution in [2.24, 2.45) is 5.73 Å². The van der Waals surface area contributed by atoms with Crippen LogP contribution < -0.4 is 11.1 Å². The molecule has 0 saturated carbocycles. The molecule has 0 radical (unpaired) electrons. The molecule has 1 aliphatic heterocycles. The molecule has 1 rings (SSSR count). The number of nitrogens with two attached hydrogens (primary N) is 1. The fourth-order valence-corrected chi connectivity index (χ4v) is 2.18. The van der Waals surface area contributed by atoms with Crippen molar-refractivity contribution in [3.8, 4) is 0 Å². The zero-order valence-corrected chi connectivity index (χ0v) is 11.4. The zero-order valence-electron chi connectivity index (χ0n) is 11.4. The number of ether oxygens (including phenoxy) is 1. The first-order valence-electron chi connectivity index (χ1n) is 6.38. The molecule has 0 bridgehead atoms. The van der Waals surface area contributed by atoms with Gasteiger partial charge in [-0.15, -0.1) is 0 Å². The molecule has 0 spiro atoms. The highest BCUT2D eigenvalue weighted by atomic mass is 19.1. The first kappa shape index (κ1) is 15.8. The molecule has 1 saturated heterocycles. The maximum Gasteiger partial charge on any atom is 0.231 e. The van der Waals surface area contributed by atoms with E-state index in [0.29, 0.717) is 13.0 Å². The molecule has 0 aromatic rings. The summed E-state index contributed by atoms with van der Waals surface area (Å²) in [5.74, 6) is -0.630. The lowest BCUT2D eigenvalue weighted by Crippen LogP contribution is -2.44. The van der Waals surface area contributed by atoms with Crippen molar-refractivity contribution in [1.29, 1.82) is 0 Å². The number of primary amides is 1. The van der Waals surface area contributed by atoms with Crippen molar-refractivity contribution in [2.45, 2.75) is 38.1 Å². The third kappa shape index (κ3) is 5.52. The van der Waals surface area contributed by atoms with Crippen molar-refractivity contribution in [2.75, 3.05) is 26.7 Å². The SMILES string of the molecule is CO[C@@H](C)CC(=O)NC[C@@H]1C[C@H](F)CN1CC(N)=O. The Kier molecular flexibility index (Phi) is 6.17. The maximum atomic E-state index is 13.3. The number of nitrogens with zero attached hydrogens (tertiary/aromatic N) is 1. The number of methoxy groups -OCH3 is 1. The molecule has 6 nitrogen and oxygen atoms in total. The molecular weight excluding hydrogens is 253 g/mol. The summed E-state index contributed by atoms with van der Waals surface area (Å²) >= 11 is 0. The molecule has 1 aliphatic rings. The molecule has 2 amide bonds. The van der Waals surface area contributed by atoms with E-state index in [9.17, 15) is 14.0 Å². The minimum atomic E-state index is -0.973. The lowest BCUT2D eigenvalue weighted by molar-refractivity contribution is -0.123. The van der Waals surface area contributed by atoms with Crippen LogP contribution >= 0.6 is 0 Å².